The van der Waals surface area contributed by atoms with Gasteiger partial charge >= 0.3 is 0 Å². The highest BCUT2D eigenvalue weighted by atomic mass is 31.1. The van der Waals surface area contributed by atoms with Crippen molar-refractivity contribution in [2.45, 2.75) is 0 Å². The van der Waals surface area contributed by atoms with E-state index in [2.05, 4.69) is 116 Å². The van der Waals surface area contributed by atoms with E-state index in [0.29, 0.717) is 0 Å². The molecular formula is C32H20N5P. The molecule has 178 valence electrons. The first kappa shape index (κ1) is 21.4. The van der Waals surface area contributed by atoms with E-state index < -0.39 is 7.92 Å². The average Bonchev–Trinajstić information content (AvgIpc) is 3.38. The fraction of sp³-hybridized carbons (Fsp3) is 0. The highest BCUT2D eigenvalue weighted by Gasteiger charge is 2.20. The molecule has 8 rings (SSSR count). The van der Waals surface area contributed by atoms with Gasteiger partial charge in [0.25, 0.3) is 0 Å². The zero-order chi connectivity index (χ0) is 25.1. The van der Waals surface area contributed by atoms with Crippen LogP contribution in [0.15, 0.2) is 122 Å². The van der Waals surface area contributed by atoms with Crippen LogP contribution in [0.1, 0.15) is 0 Å². The Morgan fingerprint density at radius 1 is 0.579 bits per heavy atom. The summed E-state index contributed by atoms with van der Waals surface area (Å²) in [5.41, 5.74) is 5.23. The Labute approximate surface area is 219 Å². The van der Waals surface area contributed by atoms with Crippen LogP contribution in [0.3, 0.4) is 0 Å². The van der Waals surface area contributed by atoms with Crippen LogP contribution in [0, 0.1) is 0 Å². The van der Waals surface area contributed by atoms with Crippen molar-refractivity contribution in [3.63, 3.8) is 0 Å². The minimum Gasteiger partial charge on any atom is -0.292 e. The first-order valence-corrected chi connectivity index (χ1v) is 13.8. The van der Waals surface area contributed by atoms with E-state index in [1.807, 2.05) is 18.6 Å². The molecule has 38 heavy (non-hydrogen) atoms. The summed E-state index contributed by atoms with van der Waals surface area (Å²) in [6, 6.07) is 34.7. The lowest BCUT2D eigenvalue weighted by molar-refractivity contribution is 1.22. The predicted octanol–water partition coefficient (Wildman–Crippen LogP) is 5.89. The summed E-state index contributed by atoms with van der Waals surface area (Å²) in [5, 5.41) is 8.37. The average molecular weight is 506 g/mol. The highest BCUT2D eigenvalue weighted by molar-refractivity contribution is 7.79. The molecule has 0 fully saturated rings. The van der Waals surface area contributed by atoms with Crippen LogP contribution in [-0.4, -0.2) is 24.3 Å². The van der Waals surface area contributed by atoms with Gasteiger partial charge < -0.3 is 0 Å². The Bertz CT molecular complexity index is 2150. The van der Waals surface area contributed by atoms with Crippen LogP contribution in [0.2, 0.25) is 0 Å². The number of hydrogen-bond acceptors (Lipinski definition) is 4. The summed E-state index contributed by atoms with van der Waals surface area (Å²) in [6.45, 7) is 0. The lowest BCUT2D eigenvalue weighted by Gasteiger charge is -2.20. The third kappa shape index (κ3) is 3.22. The van der Waals surface area contributed by atoms with Crippen molar-refractivity contribution in [2.75, 3.05) is 0 Å². The summed E-state index contributed by atoms with van der Waals surface area (Å²) < 4.78 is 2.30. The molecule has 8 aromatic rings. The van der Waals surface area contributed by atoms with E-state index >= 15 is 0 Å². The van der Waals surface area contributed by atoms with Crippen molar-refractivity contribution in [2.24, 2.45) is 0 Å². The standard InChI is InChI=1S/C32H20N5P/c1-3-7-30-26(5-1)25-12-11-23(17-27(25)32-36-28-6-2-4-8-31(28)37(30)32)38(22-13-15-33-16-14-22)24-10-9-21-19-34-20-35-29(21)18-24/h1-20H. The number of imidazole rings is 1. The number of hydrogen-bond donors (Lipinski definition) is 0. The van der Waals surface area contributed by atoms with E-state index in [1.165, 1.54) is 32.2 Å². The van der Waals surface area contributed by atoms with E-state index in [9.17, 15) is 0 Å². The molecule has 0 aliphatic carbocycles. The summed E-state index contributed by atoms with van der Waals surface area (Å²) in [7, 11) is -0.852. The molecule has 0 saturated carbocycles. The number of fused-ring (bicyclic) bond motifs is 9. The minimum atomic E-state index is -0.852. The molecule has 0 aliphatic rings. The molecule has 4 aromatic carbocycles. The summed E-state index contributed by atoms with van der Waals surface area (Å²) in [5.74, 6) is 0. The molecule has 0 saturated heterocycles. The maximum atomic E-state index is 5.12. The number of pyridine rings is 2. The van der Waals surface area contributed by atoms with Gasteiger partial charge in [-0.2, -0.15) is 0 Å². The largest absolute Gasteiger partial charge is 0.292 e. The lowest BCUT2D eigenvalue weighted by atomic mass is 10.1. The first-order chi connectivity index (χ1) is 18.8. The molecule has 4 aromatic heterocycles. The zero-order valence-corrected chi connectivity index (χ0v) is 21.1. The van der Waals surface area contributed by atoms with Crippen LogP contribution in [0.25, 0.3) is 49.3 Å². The maximum absolute atomic E-state index is 5.12. The molecule has 5 nitrogen and oxygen atoms in total. The molecule has 0 N–H and O–H groups in total. The van der Waals surface area contributed by atoms with Gasteiger partial charge in [0, 0.05) is 34.7 Å². The summed E-state index contributed by atoms with van der Waals surface area (Å²) in [4.78, 5) is 18.1. The van der Waals surface area contributed by atoms with Crippen LogP contribution < -0.4 is 15.9 Å². The van der Waals surface area contributed by atoms with Gasteiger partial charge in [0.05, 0.1) is 22.1 Å². The van der Waals surface area contributed by atoms with Crippen molar-refractivity contribution in [1.82, 2.24) is 24.3 Å². The molecule has 6 heteroatoms. The second kappa shape index (κ2) is 8.41. The topological polar surface area (TPSA) is 56.0 Å². The van der Waals surface area contributed by atoms with Gasteiger partial charge in [-0.15, -0.1) is 0 Å². The van der Waals surface area contributed by atoms with Gasteiger partial charge in [-0.1, -0.05) is 54.6 Å². The quantitative estimate of drug-likeness (QED) is 0.222. The Hall–Kier alpha value is -4.73. The van der Waals surface area contributed by atoms with E-state index in [-0.39, 0.29) is 0 Å². The second-order valence-corrected chi connectivity index (χ2v) is 11.5. The third-order valence-corrected chi connectivity index (χ3v) is 9.57. The molecule has 0 amide bonds. The van der Waals surface area contributed by atoms with Gasteiger partial charge in [-0.25, -0.2) is 15.0 Å². The second-order valence-electron chi connectivity index (χ2n) is 9.31. The molecule has 4 heterocycles. The molecule has 0 spiro atoms. The van der Waals surface area contributed by atoms with Crippen molar-refractivity contribution < 1.29 is 0 Å². The fourth-order valence-corrected chi connectivity index (χ4v) is 7.76. The third-order valence-electron chi connectivity index (χ3n) is 7.17. The monoisotopic (exact) mass is 505 g/mol. The van der Waals surface area contributed by atoms with E-state index in [0.717, 1.165) is 33.0 Å². The molecule has 0 aliphatic heterocycles. The van der Waals surface area contributed by atoms with E-state index in [1.54, 1.807) is 6.33 Å². The molecule has 0 radical (unpaired) electrons. The smallest absolute Gasteiger partial charge is 0.146 e. The molecular weight excluding hydrogens is 485 g/mol. The van der Waals surface area contributed by atoms with Crippen molar-refractivity contribution in [3.8, 4) is 0 Å². The van der Waals surface area contributed by atoms with Gasteiger partial charge in [0.2, 0.25) is 0 Å². The molecule has 0 bridgehead atoms. The fourth-order valence-electron chi connectivity index (χ4n) is 5.48. The van der Waals surface area contributed by atoms with Gasteiger partial charge in [-0.05, 0) is 71.7 Å². The Kier molecular flexibility index (Phi) is 4.73. The van der Waals surface area contributed by atoms with Crippen molar-refractivity contribution in [3.05, 3.63) is 122 Å². The SMILES string of the molecule is c1ccc2c(c1)nc1c3cc(P(c4ccncc4)c4ccc5cncnc5c4)ccc3c3ccccc3n21. The maximum Gasteiger partial charge on any atom is 0.146 e. The number of rotatable bonds is 3. The lowest BCUT2D eigenvalue weighted by Crippen LogP contribution is -2.21. The Morgan fingerprint density at radius 3 is 2.29 bits per heavy atom. The van der Waals surface area contributed by atoms with Crippen molar-refractivity contribution in [1.29, 1.82) is 0 Å². The Balaban J connectivity index is 1.45. The molecule has 1 unspecified atom stereocenters. The highest BCUT2D eigenvalue weighted by Crippen LogP contribution is 2.37. The van der Waals surface area contributed by atoms with E-state index in [4.69, 9.17) is 4.98 Å². The first-order valence-electron chi connectivity index (χ1n) is 12.5. The predicted molar refractivity (Wildman–Crippen MR) is 157 cm³/mol. The minimum absolute atomic E-state index is 0.852. The van der Waals surface area contributed by atoms with Gasteiger partial charge in [0.15, 0.2) is 0 Å². The number of para-hydroxylation sites is 3. The van der Waals surface area contributed by atoms with Gasteiger partial charge in [-0.3, -0.25) is 9.38 Å². The molecule has 1 atom stereocenters. The van der Waals surface area contributed by atoms with Gasteiger partial charge in [0.1, 0.15) is 12.0 Å². The number of aromatic nitrogens is 5. The Morgan fingerprint density at radius 2 is 1.37 bits per heavy atom. The van der Waals surface area contributed by atoms with Crippen LogP contribution in [-0.2, 0) is 0 Å². The zero-order valence-electron chi connectivity index (χ0n) is 20.2. The summed E-state index contributed by atoms with van der Waals surface area (Å²) >= 11 is 0. The number of benzene rings is 4. The van der Waals surface area contributed by atoms with Crippen LogP contribution in [0.5, 0.6) is 0 Å². The normalized spacial score (nSPS) is 12.6. The van der Waals surface area contributed by atoms with Crippen LogP contribution in [0.4, 0.5) is 0 Å². The number of nitrogens with zero attached hydrogens (tertiary/aromatic N) is 5. The van der Waals surface area contributed by atoms with Crippen LogP contribution >= 0.6 is 7.92 Å². The summed E-state index contributed by atoms with van der Waals surface area (Å²) in [6.07, 6.45) is 7.23. The van der Waals surface area contributed by atoms with Crippen molar-refractivity contribution >= 4 is 73.1 Å².